The van der Waals surface area contributed by atoms with Gasteiger partial charge in [0.15, 0.2) is 0 Å². The Morgan fingerprint density at radius 1 is 1.14 bits per heavy atom. The van der Waals surface area contributed by atoms with Gasteiger partial charge in [-0.15, -0.1) is 0 Å². The SMILES string of the molecule is N.N.O=C([O-])[O-].[Cu+2]. The van der Waals surface area contributed by atoms with Crippen molar-refractivity contribution in [2.45, 2.75) is 0 Å². The molecule has 0 spiro atoms. The van der Waals surface area contributed by atoms with Gasteiger partial charge in [-0.25, -0.2) is 0 Å². The summed E-state index contributed by atoms with van der Waals surface area (Å²) in [6, 6.07) is 0. The number of carbonyl (C=O) groups excluding carboxylic acids is 1. The molecule has 0 atom stereocenters. The third-order valence-electron chi connectivity index (χ3n) is 0. The summed E-state index contributed by atoms with van der Waals surface area (Å²) in [5.41, 5.74) is 0. The summed E-state index contributed by atoms with van der Waals surface area (Å²) >= 11 is 0. The van der Waals surface area contributed by atoms with Crippen LogP contribution in [0, 0.1) is 0 Å². The number of hydrogen-bond donors (Lipinski definition) is 2. The molecule has 0 saturated heterocycles. The molecule has 0 fully saturated rings. The molecule has 0 aliphatic rings. The van der Waals surface area contributed by atoms with Crippen molar-refractivity contribution in [3.8, 4) is 0 Å². The summed E-state index contributed by atoms with van der Waals surface area (Å²) in [6.07, 6.45) is -2.33. The van der Waals surface area contributed by atoms with E-state index in [0.29, 0.717) is 0 Å². The summed E-state index contributed by atoms with van der Waals surface area (Å²) < 4.78 is 0. The molecule has 0 rings (SSSR count). The van der Waals surface area contributed by atoms with Crippen LogP contribution in [0.3, 0.4) is 0 Å². The molecule has 0 aromatic heterocycles. The molecule has 1 radical (unpaired) electrons. The van der Waals surface area contributed by atoms with E-state index in [4.69, 9.17) is 15.0 Å². The zero-order chi connectivity index (χ0) is 3.58. The fourth-order valence-electron chi connectivity index (χ4n) is 0. The van der Waals surface area contributed by atoms with E-state index >= 15 is 0 Å². The van der Waals surface area contributed by atoms with Crippen molar-refractivity contribution in [3.05, 3.63) is 0 Å². The van der Waals surface area contributed by atoms with E-state index in [9.17, 15) is 0 Å². The van der Waals surface area contributed by atoms with Gasteiger partial charge in [0.1, 0.15) is 0 Å². The normalized spacial score (nSPS) is 3.43. The molecule has 49 valence electrons. The second-order valence-corrected chi connectivity index (χ2v) is 0.250. The monoisotopic (exact) mass is 157 g/mol. The maximum Gasteiger partial charge on any atom is 2.00 e. The van der Waals surface area contributed by atoms with Crippen LogP contribution in [-0.4, -0.2) is 6.16 Å². The molecule has 0 amide bonds. The quantitative estimate of drug-likeness (QED) is 0.388. The van der Waals surface area contributed by atoms with Crippen LogP contribution in [-0.2, 0) is 17.1 Å². The van der Waals surface area contributed by atoms with E-state index in [0.717, 1.165) is 0 Å². The fourth-order valence-corrected chi connectivity index (χ4v) is 0. The molecule has 0 aromatic rings. The number of carboxylic acid groups (broad SMARTS) is 2. The first-order chi connectivity index (χ1) is 1.73. The zero-order valence-electron chi connectivity index (χ0n) is 3.44. The Morgan fingerprint density at radius 3 is 1.14 bits per heavy atom. The van der Waals surface area contributed by atoms with Crippen LogP contribution in [0.1, 0.15) is 0 Å². The molecule has 5 nitrogen and oxygen atoms in total. The first kappa shape index (κ1) is 29.8. The van der Waals surface area contributed by atoms with Crippen molar-refractivity contribution in [3.63, 3.8) is 0 Å². The molecule has 6 N–H and O–H groups in total. The van der Waals surface area contributed by atoms with Gasteiger partial charge in [0.2, 0.25) is 0 Å². The summed E-state index contributed by atoms with van der Waals surface area (Å²) in [5, 5.41) is 16.7. The summed E-state index contributed by atoms with van der Waals surface area (Å²) in [6.45, 7) is 0. The second-order valence-electron chi connectivity index (χ2n) is 0.250. The van der Waals surface area contributed by atoms with Crippen LogP contribution in [0.15, 0.2) is 0 Å². The molecule has 0 unspecified atom stereocenters. The van der Waals surface area contributed by atoms with Crippen molar-refractivity contribution in [1.82, 2.24) is 12.3 Å². The summed E-state index contributed by atoms with van der Waals surface area (Å²) in [4.78, 5) is 8.33. The Morgan fingerprint density at radius 2 is 1.14 bits per heavy atom. The standard InChI is InChI=1S/CH2O3.Cu.2H3N/c2-1(3)4;;;/h(H2,2,3,4);;2*1H3/q;+2;;/p-2. The van der Waals surface area contributed by atoms with E-state index in [2.05, 4.69) is 0 Å². The number of hydrogen-bond acceptors (Lipinski definition) is 5. The fraction of sp³-hybridized carbons (Fsp3) is 0. The minimum Gasteiger partial charge on any atom is -0.652 e. The minimum absolute atomic E-state index is 0. The van der Waals surface area contributed by atoms with Crippen molar-refractivity contribution >= 4 is 6.16 Å². The van der Waals surface area contributed by atoms with Crippen LogP contribution in [0.4, 0.5) is 4.79 Å². The third-order valence-corrected chi connectivity index (χ3v) is 0. The zero-order valence-corrected chi connectivity index (χ0v) is 4.38. The van der Waals surface area contributed by atoms with Gasteiger partial charge in [-0.2, -0.15) is 0 Å². The molecule has 0 bridgehead atoms. The average molecular weight is 158 g/mol. The molecule has 0 saturated carbocycles. The topological polar surface area (TPSA) is 133 Å². The van der Waals surface area contributed by atoms with Crippen molar-refractivity contribution in [2.75, 3.05) is 0 Å². The van der Waals surface area contributed by atoms with Gasteiger partial charge in [-0.05, 0) is 6.16 Å². The Labute approximate surface area is 51.4 Å². The maximum atomic E-state index is 8.33. The van der Waals surface area contributed by atoms with Crippen LogP contribution in [0.2, 0.25) is 0 Å². The van der Waals surface area contributed by atoms with Crippen LogP contribution in [0.5, 0.6) is 0 Å². The van der Waals surface area contributed by atoms with Gasteiger partial charge in [0.25, 0.3) is 0 Å². The Balaban J connectivity index is -0.0000000150. The Hall–Kier alpha value is -0.291. The van der Waals surface area contributed by atoms with E-state index in [1.807, 2.05) is 0 Å². The molecule has 0 aromatic carbocycles. The van der Waals surface area contributed by atoms with Crippen molar-refractivity contribution < 1.29 is 32.1 Å². The predicted octanol–water partition coefficient (Wildman–Crippen LogP) is -2.13. The van der Waals surface area contributed by atoms with Gasteiger partial charge in [-0.3, -0.25) is 0 Å². The smallest absolute Gasteiger partial charge is 0.652 e. The van der Waals surface area contributed by atoms with E-state index in [1.165, 1.54) is 0 Å². The molecule has 0 heterocycles. The first-order valence-corrected chi connectivity index (χ1v) is 0.612. The van der Waals surface area contributed by atoms with Gasteiger partial charge in [0.05, 0.1) is 0 Å². The van der Waals surface area contributed by atoms with Crippen LogP contribution < -0.4 is 22.5 Å². The predicted molar refractivity (Wildman–Crippen MR) is 15.4 cm³/mol. The summed E-state index contributed by atoms with van der Waals surface area (Å²) in [7, 11) is 0. The number of rotatable bonds is 0. The number of carbonyl (C=O) groups is 1. The molecule has 7 heavy (non-hydrogen) atoms. The first-order valence-electron chi connectivity index (χ1n) is 0.612. The maximum absolute atomic E-state index is 8.33. The largest absolute Gasteiger partial charge is 2.00 e. The van der Waals surface area contributed by atoms with E-state index < -0.39 is 6.16 Å². The van der Waals surface area contributed by atoms with E-state index in [1.54, 1.807) is 0 Å². The van der Waals surface area contributed by atoms with E-state index in [-0.39, 0.29) is 29.4 Å². The van der Waals surface area contributed by atoms with Gasteiger partial charge >= 0.3 is 17.1 Å². The molecule has 6 heteroatoms. The average Bonchev–Trinajstić information content (AvgIpc) is 0.811. The molecular formula is CH6CuN2O3. The van der Waals surface area contributed by atoms with Crippen molar-refractivity contribution in [2.24, 2.45) is 0 Å². The van der Waals surface area contributed by atoms with Crippen LogP contribution >= 0.6 is 0 Å². The third kappa shape index (κ3) is 931. The molecular weight excluding hydrogens is 152 g/mol. The Kier molecular flexibility index (Phi) is 73.4. The van der Waals surface area contributed by atoms with Gasteiger partial charge < -0.3 is 27.3 Å². The second kappa shape index (κ2) is 17.2. The van der Waals surface area contributed by atoms with Crippen molar-refractivity contribution in [1.29, 1.82) is 0 Å². The van der Waals surface area contributed by atoms with Gasteiger partial charge in [-0.1, -0.05) is 0 Å². The molecule has 0 aliphatic heterocycles. The molecule has 0 aliphatic carbocycles. The summed E-state index contributed by atoms with van der Waals surface area (Å²) in [5.74, 6) is 0. The van der Waals surface area contributed by atoms with Crippen LogP contribution in [0.25, 0.3) is 0 Å². The minimum atomic E-state index is -2.33. The Bertz CT molecular complexity index is 35.9. The van der Waals surface area contributed by atoms with Gasteiger partial charge in [0, 0.05) is 0 Å².